The number of nitrogens with zero attached hydrogens (tertiary/aromatic N) is 1. The maximum absolute atomic E-state index is 14.0. The lowest BCUT2D eigenvalue weighted by atomic mass is 9.96. The van der Waals surface area contributed by atoms with Crippen molar-refractivity contribution < 1.29 is 26.8 Å². The number of rotatable bonds is 7. The number of sulfonamides is 1. The minimum absolute atomic E-state index is 0.0302. The lowest BCUT2D eigenvalue weighted by molar-refractivity contribution is -0.126. The molecule has 0 spiro atoms. The summed E-state index contributed by atoms with van der Waals surface area (Å²) in [6, 6.07) is 9.34. The number of anilines is 1. The minimum atomic E-state index is -4.19. The molecule has 1 aliphatic heterocycles. The predicted octanol–water partition coefficient (Wildman–Crippen LogP) is 3.59. The summed E-state index contributed by atoms with van der Waals surface area (Å²) in [6.45, 7) is 1.93. The quantitative estimate of drug-likeness (QED) is 0.619. The Labute approximate surface area is 197 Å². The number of benzene rings is 2. The first-order chi connectivity index (χ1) is 16.1. The van der Waals surface area contributed by atoms with E-state index >= 15 is 0 Å². The van der Waals surface area contributed by atoms with Gasteiger partial charge in [-0.25, -0.2) is 17.2 Å². The van der Waals surface area contributed by atoms with Crippen LogP contribution in [-0.4, -0.2) is 37.6 Å². The normalized spacial score (nSPS) is 18.3. The van der Waals surface area contributed by atoms with E-state index < -0.39 is 26.6 Å². The van der Waals surface area contributed by atoms with Crippen molar-refractivity contribution in [3.63, 3.8) is 0 Å². The molecule has 182 valence electrons. The third-order valence-electron chi connectivity index (χ3n) is 6.32. The standard InChI is InChI=1S/C24H27F2N3O4S/c1-15(16-4-7-20(8-5-16)28-24(31)17-2-3-17)27-23(30)18-10-12-29(13-11-18)34(32,33)22-14-19(25)6-9-21(22)26/h4-9,14-15,17-18H,2-3,10-13H2,1H3,(H,27,30)(H,28,31). The second kappa shape index (κ2) is 9.79. The molecule has 1 unspecified atom stereocenters. The highest BCUT2D eigenvalue weighted by atomic mass is 32.2. The van der Waals surface area contributed by atoms with Crippen molar-refractivity contribution in [2.45, 2.75) is 43.5 Å². The van der Waals surface area contributed by atoms with Crippen LogP contribution in [0.5, 0.6) is 0 Å². The first kappa shape index (κ1) is 24.3. The van der Waals surface area contributed by atoms with Crippen molar-refractivity contribution in [1.29, 1.82) is 0 Å². The Kier molecular flexibility index (Phi) is 6.99. The Bertz CT molecular complexity index is 1180. The zero-order valence-corrected chi connectivity index (χ0v) is 19.6. The predicted molar refractivity (Wildman–Crippen MR) is 122 cm³/mol. The Morgan fingerprint density at radius 3 is 2.18 bits per heavy atom. The van der Waals surface area contributed by atoms with E-state index in [9.17, 15) is 26.8 Å². The highest BCUT2D eigenvalue weighted by Gasteiger charge is 2.34. The number of amides is 2. The molecular formula is C24H27F2N3O4S. The fourth-order valence-corrected chi connectivity index (χ4v) is 5.58. The van der Waals surface area contributed by atoms with Gasteiger partial charge in [-0.05, 0) is 68.5 Å². The third-order valence-corrected chi connectivity index (χ3v) is 8.23. The number of carbonyl (C=O) groups is 2. The van der Waals surface area contributed by atoms with E-state index in [2.05, 4.69) is 10.6 Å². The molecule has 0 bridgehead atoms. The van der Waals surface area contributed by atoms with Gasteiger partial charge >= 0.3 is 0 Å². The van der Waals surface area contributed by atoms with E-state index in [0.29, 0.717) is 11.8 Å². The Morgan fingerprint density at radius 2 is 1.56 bits per heavy atom. The molecule has 2 aromatic carbocycles. The van der Waals surface area contributed by atoms with Crippen molar-refractivity contribution in [2.24, 2.45) is 11.8 Å². The summed E-state index contributed by atoms with van der Waals surface area (Å²) in [7, 11) is -4.19. The molecule has 0 aromatic heterocycles. The SMILES string of the molecule is CC(NC(=O)C1CCN(S(=O)(=O)c2cc(F)ccc2F)CC1)c1ccc(NC(=O)C2CC2)cc1. The van der Waals surface area contributed by atoms with Crippen molar-refractivity contribution in [1.82, 2.24) is 9.62 Å². The molecule has 1 heterocycles. The molecule has 1 atom stereocenters. The summed E-state index contributed by atoms with van der Waals surface area (Å²) in [5.74, 6) is -2.26. The summed E-state index contributed by atoms with van der Waals surface area (Å²) in [4.78, 5) is 23.9. The molecule has 2 amide bonds. The Balaban J connectivity index is 1.31. The molecular weight excluding hydrogens is 464 g/mol. The molecule has 2 aliphatic rings. The fourth-order valence-electron chi connectivity index (χ4n) is 4.03. The van der Waals surface area contributed by atoms with Gasteiger partial charge in [0.15, 0.2) is 0 Å². The number of piperidine rings is 1. The molecule has 2 N–H and O–H groups in total. The molecule has 2 aromatic rings. The monoisotopic (exact) mass is 491 g/mol. The van der Waals surface area contributed by atoms with Gasteiger partial charge < -0.3 is 10.6 Å². The number of halogens is 2. The van der Waals surface area contributed by atoms with Crippen LogP contribution in [0.4, 0.5) is 14.5 Å². The van der Waals surface area contributed by atoms with Crippen LogP contribution in [0.3, 0.4) is 0 Å². The minimum Gasteiger partial charge on any atom is -0.349 e. The number of hydrogen-bond donors (Lipinski definition) is 2. The highest BCUT2D eigenvalue weighted by Crippen LogP contribution is 2.30. The van der Waals surface area contributed by atoms with Gasteiger partial charge in [0.1, 0.15) is 16.5 Å². The molecule has 0 radical (unpaired) electrons. The van der Waals surface area contributed by atoms with Crippen LogP contribution in [0.25, 0.3) is 0 Å². The topological polar surface area (TPSA) is 95.6 Å². The second-order valence-corrected chi connectivity index (χ2v) is 10.8. The number of carbonyl (C=O) groups excluding carboxylic acids is 2. The van der Waals surface area contributed by atoms with Crippen LogP contribution in [0.1, 0.15) is 44.2 Å². The smallest absolute Gasteiger partial charge is 0.246 e. The second-order valence-electron chi connectivity index (χ2n) is 8.87. The zero-order chi connectivity index (χ0) is 24.5. The van der Waals surface area contributed by atoms with Crippen molar-refractivity contribution in [2.75, 3.05) is 18.4 Å². The van der Waals surface area contributed by atoms with Gasteiger partial charge in [0.2, 0.25) is 21.8 Å². The van der Waals surface area contributed by atoms with E-state index in [1.54, 1.807) is 12.1 Å². The van der Waals surface area contributed by atoms with Crippen LogP contribution in [-0.2, 0) is 19.6 Å². The molecule has 1 aliphatic carbocycles. The number of nitrogens with one attached hydrogen (secondary N) is 2. The summed E-state index contributed by atoms with van der Waals surface area (Å²) in [6.07, 6.45) is 2.42. The van der Waals surface area contributed by atoms with Gasteiger partial charge in [-0.2, -0.15) is 4.31 Å². The summed E-state index contributed by atoms with van der Waals surface area (Å²) in [5.41, 5.74) is 1.59. The van der Waals surface area contributed by atoms with Crippen molar-refractivity contribution in [3.05, 3.63) is 59.7 Å². The maximum atomic E-state index is 14.0. The average Bonchev–Trinajstić information content (AvgIpc) is 3.67. The van der Waals surface area contributed by atoms with Gasteiger partial charge in [0.25, 0.3) is 0 Å². The summed E-state index contributed by atoms with van der Waals surface area (Å²) < 4.78 is 54.0. The van der Waals surface area contributed by atoms with E-state index in [-0.39, 0.29) is 55.6 Å². The first-order valence-corrected chi connectivity index (χ1v) is 12.8. The Hall–Kier alpha value is -2.85. The first-order valence-electron chi connectivity index (χ1n) is 11.3. The zero-order valence-electron chi connectivity index (χ0n) is 18.8. The van der Waals surface area contributed by atoms with E-state index in [0.717, 1.165) is 34.8 Å². The molecule has 7 nitrogen and oxygen atoms in total. The van der Waals surface area contributed by atoms with Gasteiger partial charge in [0.05, 0.1) is 6.04 Å². The Morgan fingerprint density at radius 1 is 0.941 bits per heavy atom. The molecule has 2 fully saturated rings. The van der Waals surface area contributed by atoms with Crippen LogP contribution >= 0.6 is 0 Å². The molecule has 4 rings (SSSR count). The van der Waals surface area contributed by atoms with Gasteiger partial charge in [-0.1, -0.05) is 12.1 Å². The molecule has 10 heteroatoms. The van der Waals surface area contributed by atoms with Gasteiger partial charge in [-0.3, -0.25) is 9.59 Å². The average molecular weight is 492 g/mol. The summed E-state index contributed by atoms with van der Waals surface area (Å²) >= 11 is 0. The van der Waals surface area contributed by atoms with Crippen LogP contribution in [0, 0.1) is 23.5 Å². The molecule has 34 heavy (non-hydrogen) atoms. The lowest BCUT2D eigenvalue weighted by Crippen LogP contribution is -2.43. The molecule has 1 saturated heterocycles. The van der Waals surface area contributed by atoms with Gasteiger partial charge in [0, 0.05) is 30.6 Å². The summed E-state index contributed by atoms with van der Waals surface area (Å²) in [5, 5.41) is 5.83. The lowest BCUT2D eigenvalue weighted by Gasteiger charge is -2.31. The van der Waals surface area contributed by atoms with E-state index in [4.69, 9.17) is 0 Å². The fraction of sp³-hybridized carbons (Fsp3) is 0.417. The maximum Gasteiger partial charge on any atom is 0.246 e. The largest absolute Gasteiger partial charge is 0.349 e. The van der Waals surface area contributed by atoms with Crippen LogP contribution < -0.4 is 10.6 Å². The van der Waals surface area contributed by atoms with Crippen molar-refractivity contribution >= 4 is 27.5 Å². The van der Waals surface area contributed by atoms with Crippen molar-refractivity contribution in [3.8, 4) is 0 Å². The van der Waals surface area contributed by atoms with E-state index in [1.807, 2.05) is 19.1 Å². The number of hydrogen-bond acceptors (Lipinski definition) is 4. The van der Waals surface area contributed by atoms with Crippen LogP contribution in [0.2, 0.25) is 0 Å². The van der Waals surface area contributed by atoms with Gasteiger partial charge in [-0.15, -0.1) is 0 Å². The highest BCUT2D eigenvalue weighted by molar-refractivity contribution is 7.89. The third kappa shape index (κ3) is 5.44. The van der Waals surface area contributed by atoms with E-state index in [1.165, 1.54) is 0 Å². The van der Waals surface area contributed by atoms with Crippen LogP contribution in [0.15, 0.2) is 47.4 Å². The molecule has 1 saturated carbocycles.